The summed E-state index contributed by atoms with van der Waals surface area (Å²) in [7, 11) is 1.06. The number of aliphatic hydroxyl groups excluding tert-OH is 1. The number of halogens is 2. The van der Waals surface area contributed by atoms with Crippen LogP contribution >= 0.6 is 0 Å². The van der Waals surface area contributed by atoms with Gasteiger partial charge in [0.05, 0.1) is 7.11 Å². The fourth-order valence-corrected chi connectivity index (χ4v) is 1.40. The van der Waals surface area contributed by atoms with Gasteiger partial charge in [-0.15, -0.1) is 0 Å². The Labute approximate surface area is 98.0 Å². The highest BCUT2D eigenvalue weighted by molar-refractivity contribution is 5.76. The fraction of sp³-hybridized carbons (Fsp3) is 0.417. The maximum Gasteiger partial charge on any atom is 0.339 e. The van der Waals surface area contributed by atoms with Gasteiger partial charge in [-0.3, -0.25) is 0 Å². The van der Waals surface area contributed by atoms with Crippen LogP contribution in [-0.4, -0.2) is 18.2 Å². The highest BCUT2D eigenvalue weighted by atomic mass is 19.2. The molecule has 0 aromatic heterocycles. The Kier molecular flexibility index (Phi) is 4.17. The van der Waals surface area contributed by atoms with Crippen molar-refractivity contribution >= 4 is 5.97 Å². The molecule has 3 nitrogen and oxygen atoms in total. The Balaban J connectivity index is 3.27. The number of rotatable bonds is 3. The second-order valence-electron chi connectivity index (χ2n) is 3.99. The summed E-state index contributed by atoms with van der Waals surface area (Å²) in [6, 6.07) is 2.32. The maximum atomic E-state index is 13.4. The third-order valence-corrected chi connectivity index (χ3v) is 2.46. The van der Waals surface area contributed by atoms with Gasteiger partial charge in [-0.1, -0.05) is 13.8 Å². The van der Waals surface area contributed by atoms with Crippen molar-refractivity contribution in [1.29, 1.82) is 0 Å². The first kappa shape index (κ1) is 13.6. The molecular weight excluding hydrogens is 230 g/mol. The fourth-order valence-electron chi connectivity index (χ4n) is 1.40. The summed E-state index contributed by atoms with van der Waals surface area (Å²) >= 11 is 0. The van der Waals surface area contributed by atoms with Crippen LogP contribution in [0.2, 0.25) is 0 Å². The van der Waals surface area contributed by atoms with Crippen molar-refractivity contribution in [3.05, 3.63) is 34.9 Å². The Bertz CT molecular complexity index is 430. The van der Waals surface area contributed by atoms with E-state index < -0.39 is 29.3 Å². The number of hydrogen-bond donors (Lipinski definition) is 1. The number of methoxy groups -OCH3 is 1. The molecule has 1 N–H and O–H groups in total. The van der Waals surface area contributed by atoms with Gasteiger partial charge in [-0.2, -0.15) is 0 Å². The quantitative estimate of drug-likeness (QED) is 0.830. The molecule has 0 heterocycles. The average molecular weight is 244 g/mol. The van der Waals surface area contributed by atoms with Crippen molar-refractivity contribution in [2.24, 2.45) is 0 Å². The highest BCUT2D eigenvalue weighted by Gasteiger charge is 2.24. The molecule has 1 rings (SSSR count). The van der Waals surface area contributed by atoms with E-state index in [4.69, 9.17) is 0 Å². The normalized spacial score (nSPS) is 12.6. The van der Waals surface area contributed by atoms with Gasteiger partial charge in [-0.25, -0.2) is 13.6 Å². The summed E-state index contributed by atoms with van der Waals surface area (Å²) < 4.78 is 31.0. The van der Waals surface area contributed by atoms with E-state index in [1.807, 2.05) is 0 Å². The van der Waals surface area contributed by atoms with Crippen molar-refractivity contribution in [2.45, 2.75) is 25.9 Å². The number of aliphatic hydroxyl groups is 1. The first-order valence-corrected chi connectivity index (χ1v) is 5.13. The van der Waals surface area contributed by atoms with Crippen LogP contribution in [0.5, 0.6) is 0 Å². The molecule has 0 saturated carbocycles. The van der Waals surface area contributed by atoms with Crippen LogP contribution in [0.4, 0.5) is 8.78 Å². The van der Waals surface area contributed by atoms with Gasteiger partial charge in [0.25, 0.3) is 0 Å². The standard InChI is InChI=1S/C12H14F2O3/c1-6(2)7-4-8(10(14)9(13)5-7)11(15)12(16)17-3/h4-6,11,15H,1-3H3. The molecule has 0 spiro atoms. The number of carbonyl (C=O) groups excluding carboxylic acids is 1. The van der Waals surface area contributed by atoms with Gasteiger partial charge in [0.15, 0.2) is 17.7 Å². The van der Waals surface area contributed by atoms with E-state index in [-0.39, 0.29) is 5.92 Å². The molecule has 1 unspecified atom stereocenters. The zero-order valence-electron chi connectivity index (χ0n) is 9.83. The number of benzene rings is 1. The summed E-state index contributed by atoms with van der Waals surface area (Å²) in [6.07, 6.45) is -1.81. The molecular formula is C12H14F2O3. The maximum absolute atomic E-state index is 13.4. The molecule has 0 aliphatic heterocycles. The zero-order valence-corrected chi connectivity index (χ0v) is 9.83. The first-order valence-electron chi connectivity index (χ1n) is 5.13. The van der Waals surface area contributed by atoms with E-state index in [1.165, 1.54) is 6.07 Å². The lowest BCUT2D eigenvalue weighted by Crippen LogP contribution is -2.16. The molecule has 17 heavy (non-hydrogen) atoms. The van der Waals surface area contributed by atoms with Crippen LogP contribution in [0.3, 0.4) is 0 Å². The van der Waals surface area contributed by atoms with Gasteiger partial charge in [0.2, 0.25) is 0 Å². The Morgan fingerprint density at radius 3 is 2.41 bits per heavy atom. The summed E-state index contributed by atoms with van der Waals surface area (Å²) in [5.74, 6) is -3.39. The van der Waals surface area contributed by atoms with Gasteiger partial charge in [0.1, 0.15) is 0 Å². The molecule has 0 saturated heterocycles. The topological polar surface area (TPSA) is 46.5 Å². The van der Waals surface area contributed by atoms with E-state index in [2.05, 4.69) is 4.74 Å². The molecule has 0 amide bonds. The second kappa shape index (κ2) is 5.23. The van der Waals surface area contributed by atoms with Crippen molar-refractivity contribution in [3.8, 4) is 0 Å². The third-order valence-electron chi connectivity index (χ3n) is 2.46. The highest BCUT2D eigenvalue weighted by Crippen LogP contribution is 2.26. The van der Waals surface area contributed by atoms with Crippen LogP contribution < -0.4 is 0 Å². The van der Waals surface area contributed by atoms with Gasteiger partial charge < -0.3 is 9.84 Å². The minimum absolute atomic E-state index is 0.0475. The summed E-state index contributed by atoms with van der Waals surface area (Å²) in [5, 5.41) is 9.52. The molecule has 0 aliphatic rings. The van der Waals surface area contributed by atoms with E-state index in [0.29, 0.717) is 5.56 Å². The van der Waals surface area contributed by atoms with Crippen molar-refractivity contribution in [1.82, 2.24) is 0 Å². The predicted octanol–water partition coefficient (Wildman–Crippen LogP) is 2.29. The molecule has 0 bridgehead atoms. The number of hydrogen-bond acceptors (Lipinski definition) is 3. The van der Waals surface area contributed by atoms with Crippen LogP contribution in [0, 0.1) is 11.6 Å². The van der Waals surface area contributed by atoms with Crippen molar-refractivity contribution < 1.29 is 23.4 Å². The molecule has 0 fully saturated rings. The van der Waals surface area contributed by atoms with Crippen molar-refractivity contribution in [3.63, 3.8) is 0 Å². The number of carbonyl (C=O) groups is 1. The minimum atomic E-state index is -1.81. The summed E-state index contributed by atoms with van der Waals surface area (Å²) in [5.41, 5.74) is 0.0994. The molecule has 5 heteroatoms. The molecule has 0 aliphatic carbocycles. The SMILES string of the molecule is COC(=O)C(O)c1cc(C(C)C)cc(F)c1F. The summed E-state index contributed by atoms with van der Waals surface area (Å²) in [4.78, 5) is 11.1. The first-order chi connectivity index (χ1) is 7.88. The van der Waals surface area contributed by atoms with Crippen LogP contribution in [0.15, 0.2) is 12.1 Å². The van der Waals surface area contributed by atoms with E-state index in [0.717, 1.165) is 13.2 Å². The lowest BCUT2D eigenvalue weighted by Gasteiger charge is -2.13. The van der Waals surface area contributed by atoms with Crippen LogP contribution in [0.1, 0.15) is 37.0 Å². The van der Waals surface area contributed by atoms with E-state index in [1.54, 1.807) is 13.8 Å². The smallest absolute Gasteiger partial charge is 0.339 e. The zero-order chi connectivity index (χ0) is 13.2. The predicted molar refractivity (Wildman–Crippen MR) is 57.4 cm³/mol. The van der Waals surface area contributed by atoms with E-state index in [9.17, 15) is 18.7 Å². The Hall–Kier alpha value is -1.49. The largest absolute Gasteiger partial charge is 0.467 e. The molecule has 0 radical (unpaired) electrons. The second-order valence-corrected chi connectivity index (χ2v) is 3.99. The third kappa shape index (κ3) is 2.79. The van der Waals surface area contributed by atoms with Crippen molar-refractivity contribution in [2.75, 3.05) is 7.11 Å². The monoisotopic (exact) mass is 244 g/mol. The van der Waals surface area contributed by atoms with Gasteiger partial charge in [0, 0.05) is 5.56 Å². The van der Waals surface area contributed by atoms with Gasteiger partial charge >= 0.3 is 5.97 Å². The Morgan fingerprint density at radius 2 is 1.94 bits per heavy atom. The molecule has 1 atom stereocenters. The molecule has 1 aromatic rings. The van der Waals surface area contributed by atoms with Crippen LogP contribution in [0.25, 0.3) is 0 Å². The number of esters is 1. The summed E-state index contributed by atoms with van der Waals surface area (Å²) in [6.45, 7) is 3.59. The van der Waals surface area contributed by atoms with Crippen LogP contribution in [-0.2, 0) is 9.53 Å². The Morgan fingerprint density at radius 1 is 1.35 bits per heavy atom. The van der Waals surface area contributed by atoms with E-state index >= 15 is 0 Å². The number of ether oxygens (including phenoxy) is 1. The minimum Gasteiger partial charge on any atom is -0.467 e. The lowest BCUT2D eigenvalue weighted by atomic mass is 9.98. The van der Waals surface area contributed by atoms with Gasteiger partial charge in [-0.05, 0) is 23.6 Å². The molecule has 94 valence electrons. The lowest BCUT2D eigenvalue weighted by molar-refractivity contribution is -0.150. The average Bonchev–Trinajstić information content (AvgIpc) is 2.30. The molecule has 1 aromatic carbocycles.